The van der Waals surface area contributed by atoms with Crippen molar-refractivity contribution in [3.8, 4) is 28.7 Å². The average molecular weight is 550 g/mol. The number of hydrogen-bond acceptors (Lipinski definition) is 12. The Balaban J connectivity index is 1.54. The van der Waals surface area contributed by atoms with Crippen molar-refractivity contribution in [2.75, 3.05) is 27.4 Å². The van der Waals surface area contributed by atoms with E-state index >= 15 is 0 Å². The molecule has 40 heavy (non-hydrogen) atoms. The SMILES string of the molecule is COCC(=O)Oc1ccc(OC(=O)COC)c2c1C(=O)C1OC1C21Oc2cccc3c(OC(C)=O)ccc(c23)O1. The zero-order valence-electron chi connectivity index (χ0n) is 21.5. The fraction of sp³-hybridized carbons (Fsp3) is 0.286. The van der Waals surface area contributed by atoms with Gasteiger partial charge in [-0.25, -0.2) is 9.59 Å². The molecule has 1 saturated heterocycles. The summed E-state index contributed by atoms with van der Waals surface area (Å²) in [6.07, 6.45) is -1.90. The third-order valence-corrected chi connectivity index (χ3v) is 6.52. The average Bonchev–Trinajstić information content (AvgIpc) is 3.72. The molecule has 0 radical (unpaired) electrons. The Morgan fingerprint density at radius 2 is 1.45 bits per heavy atom. The van der Waals surface area contributed by atoms with E-state index in [1.165, 1.54) is 33.3 Å². The molecule has 3 aromatic carbocycles. The van der Waals surface area contributed by atoms with Crippen LogP contribution in [0.1, 0.15) is 22.8 Å². The topological polar surface area (TPSA) is 145 Å². The third kappa shape index (κ3) is 4.04. The van der Waals surface area contributed by atoms with Crippen LogP contribution in [0.4, 0.5) is 0 Å². The molecule has 3 aromatic rings. The van der Waals surface area contributed by atoms with E-state index < -0.39 is 41.7 Å². The van der Waals surface area contributed by atoms with Crippen molar-refractivity contribution in [1.29, 1.82) is 0 Å². The summed E-state index contributed by atoms with van der Waals surface area (Å²) in [5.74, 6) is -3.54. The van der Waals surface area contributed by atoms with Crippen molar-refractivity contribution in [2.45, 2.75) is 24.9 Å². The summed E-state index contributed by atoms with van der Waals surface area (Å²) in [6.45, 7) is 0.557. The lowest BCUT2D eigenvalue weighted by atomic mass is 9.83. The van der Waals surface area contributed by atoms with E-state index in [4.69, 9.17) is 37.9 Å². The van der Waals surface area contributed by atoms with Crippen molar-refractivity contribution >= 4 is 34.5 Å². The molecule has 0 aromatic heterocycles. The van der Waals surface area contributed by atoms with Gasteiger partial charge in [-0.15, -0.1) is 0 Å². The Labute approximate surface area is 226 Å². The molecule has 3 unspecified atom stereocenters. The molecule has 1 spiro atoms. The first kappa shape index (κ1) is 25.7. The van der Waals surface area contributed by atoms with Crippen LogP contribution in [0.3, 0.4) is 0 Å². The molecular weight excluding hydrogens is 528 g/mol. The maximum absolute atomic E-state index is 13.5. The van der Waals surface area contributed by atoms with Crippen LogP contribution in [0.5, 0.6) is 28.7 Å². The molecule has 1 aliphatic carbocycles. The number of epoxide rings is 1. The third-order valence-electron chi connectivity index (χ3n) is 6.52. The molecule has 0 N–H and O–H groups in total. The van der Waals surface area contributed by atoms with Gasteiger partial charge in [-0.1, -0.05) is 12.1 Å². The van der Waals surface area contributed by atoms with Gasteiger partial charge in [-0.3, -0.25) is 9.59 Å². The molecule has 2 aliphatic heterocycles. The van der Waals surface area contributed by atoms with Crippen LogP contribution in [0.2, 0.25) is 0 Å². The van der Waals surface area contributed by atoms with Gasteiger partial charge < -0.3 is 37.9 Å². The summed E-state index contributed by atoms with van der Waals surface area (Å²) in [7, 11) is 2.66. The van der Waals surface area contributed by atoms with Gasteiger partial charge >= 0.3 is 23.7 Å². The Hall–Kier alpha value is -4.52. The van der Waals surface area contributed by atoms with E-state index in [0.29, 0.717) is 28.0 Å². The zero-order chi connectivity index (χ0) is 28.2. The van der Waals surface area contributed by atoms with E-state index in [1.807, 2.05) is 0 Å². The molecule has 0 amide bonds. The van der Waals surface area contributed by atoms with Crippen molar-refractivity contribution in [2.24, 2.45) is 0 Å². The second-order valence-corrected chi connectivity index (χ2v) is 9.17. The number of esters is 3. The number of fused-ring (bicyclic) bond motifs is 4. The molecular formula is C28H22O12. The van der Waals surface area contributed by atoms with Gasteiger partial charge in [0.2, 0.25) is 0 Å². The summed E-state index contributed by atoms with van der Waals surface area (Å²) >= 11 is 0. The lowest BCUT2D eigenvalue weighted by molar-refractivity contribution is -0.149. The molecule has 3 aliphatic rings. The number of ether oxygens (including phenoxy) is 8. The van der Waals surface area contributed by atoms with Crippen LogP contribution in [-0.2, 0) is 34.4 Å². The smallest absolute Gasteiger partial charge is 0.337 e. The van der Waals surface area contributed by atoms with E-state index in [2.05, 4.69) is 0 Å². The summed E-state index contributed by atoms with van der Waals surface area (Å²) in [4.78, 5) is 50.0. The number of rotatable bonds is 7. The van der Waals surface area contributed by atoms with E-state index in [1.54, 1.807) is 30.3 Å². The van der Waals surface area contributed by atoms with Crippen LogP contribution in [0, 0.1) is 0 Å². The normalized spacial score (nSPS) is 21.5. The lowest BCUT2D eigenvalue weighted by Crippen LogP contribution is -2.51. The molecule has 3 atom stereocenters. The van der Waals surface area contributed by atoms with E-state index in [0.717, 1.165) is 0 Å². The van der Waals surface area contributed by atoms with Gasteiger partial charge in [0.1, 0.15) is 42.0 Å². The first-order valence-electron chi connectivity index (χ1n) is 12.2. The van der Waals surface area contributed by atoms with Crippen LogP contribution in [-0.4, -0.2) is 63.3 Å². The molecule has 0 bridgehead atoms. The Kier molecular flexibility index (Phi) is 6.17. The predicted molar refractivity (Wildman–Crippen MR) is 133 cm³/mol. The standard InChI is InChI=1S/C28H22O12/c1-13(29)35-15-7-9-18-22-14(15)5-4-6-17(22)39-28(40-18)24-19(37-21(31)12-34-3)10-8-16(36-20(30)11-33-2)23(24)25(32)26-27(28)38-26/h4-10,26-27H,11-12H2,1-3H3. The quantitative estimate of drug-likeness (QED) is 0.242. The minimum Gasteiger partial charge on any atom is -0.445 e. The summed E-state index contributed by atoms with van der Waals surface area (Å²) in [6, 6.07) is 11.0. The highest BCUT2D eigenvalue weighted by Gasteiger charge is 2.70. The summed E-state index contributed by atoms with van der Waals surface area (Å²) in [5, 5.41) is 1.07. The van der Waals surface area contributed by atoms with E-state index in [9.17, 15) is 19.2 Å². The highest BCUT2D eigenvalue weighted by Crippen LogP contribution is 2.58. The van der Waals surface area contributed by atoms with Crippen molar-refractivity contribution < 1.29 is 57.1 Å². The van der Waals surface area contributed by atoms with Crippen LogP contribution in [0.25, 0.3) is 10.8 Å². The number of benzene rings is 3. The summed E-state index contributed by atoms with van der Waals surface area (Å²) < 4.78 is 44.8. The fourth-order valence-electron chi connectivity index (χ4n) is 5.05. The predicted octanol–water partition coefficient (Wildman–Crippen LogP) is 2.46. The molecule has 12 nitrogen and oxygen atoms in total. The second-order valence-electron chi connectivity index (χ2n) is 9.17. The monoisotopic (exact) mass is 550 g/mol. The number of carbonyl (C=O) groups is 4. The Morgan fingerprint density at radius 3 is 2.12 bits per heavy atom. The fourth-order valence-corrected chi connectivity index (χ4v) is 5.05. The number of hydrogen-bond donors (Lipinski definition) is 0. The molecule has 12 heteroatoms. The molecule has 206 valence electrons. The van der Waals surface area contributed by atoms with Gasteiger partial charge in [0.05, 0.1) is 16.5 Å². The number of Topliss-reactive ketones (excluding diaryl/α,β-unsaturated/α-hetero) is 1. The molecule has 0 saturated carbocycles. The molecule has 1 fully saturated rings. The van der Waals surface area contributed by atoms with Crippen LogP contribution >= 0.6 is 0 Å². The zero-order valence-corrected chi connectivity index (χ0v) is 21.5. The van der Waals surface area contributed by atoms with Crippen molar-refractivity contribution in [1.82, 2.24) is 0 Å². The minimum absolute atomic E-state index is 0.00938. The highest BCUT2D eigenvalue weighted by atomic mass is 16.8. The van der Waals surface area contributed by atoms with Crippen LogP contribution in [0.15, 0.2) is 42.5 Å². The summed E-state index contributed by atoms with van der Waals surface area (Å²) in [5.41, 5.74) is -0.0896. The van der Waals surface area contributed by atoms with Crippen molar-refractivity contribution in [3.63, 3.8) is 0 Å². The van der Waals surface area contributed by atoms with Gasteiger partial charge in [0.15, 0.2) is 18.0 Å². The number of methoxy groups -OCH3 is 2. The second kappa shape index (κ2) is 9.59. The minimum atomic E-state index is -1.81. The van der Waals surface area contributed by atoms with Gasteiger partial charge in [0.25, 0.3) is 0 Å². The maximum Gasteiger partial charge on any atom is 0.337 e. The van der Waals surface area contributed by atoms with Gasteiger partial charge in [0, 0.05) is 26.5 Å². The Bertz CT molecular complexity index is 1580. The first-order valence-corrected chi connectivity index (χ1v) is 12.2. The van der Waals surface area contributed by atoms with Crippen molar-refractivity contribution in [3.05, 3.63) is 53.6 Å². The highest BCUT2D eigenvalue weighted by molar-refractivity contribution is 6.08. The number of carbonyl (C=O) groups excluding carboxylic acids is 4. The maximum atomic E-state index is 13.5. The van der Waals surface area contributed by atoms with E-state index in [-0.39, 0.29) is 35.8 Å². The lowest BCUT2D eigenvalue weighted by Gasteiger charge is -2.40. The molecule has 6 rings (SSSR count). The van der Waals surface area contributed by atoms with Gasteiger partial charge in [-0.2, -0.15) is 0 Å². The van der Waals surface area contributed by atoms with Crippen LogP contribution < -0.4 is 23.7 Å². The van der Waals surface area contributed by atoms with Gasteiger partial charge in [-0.05, 0) is 30.3 Å². The Morgan fingerprint density at radius 1 is 0.825 bits per heavy atom. The number of ketones is 1. The largest absolute Gasteiger partial charge is 0.445 e. The first-order chi connectivity index (χ1) is 19.3. The molecule has 2 heterocycles.